The third-order valence-corrected chi connectivity index (χ3v) is 3.77. The Kier molecular flexibility index (Phi) is 7.13. The molecule has 112 valence electrons. The molecular formula is C17H28N2O. The maximum absolute atomic E-state index is 12.6. The summed E-state index contributed by atoms with van der Waals surface area (Å²) in [7, 11) is 0. The lowest BCUT2D eigenvalue weighted by atomic mass is 9.97. The summed E-state index contributed by atoms with van der Waals surface area (Å²) in [5.41, 5.74) is 7.66. The summed E-state index contributed by atoms with van der Waals surface area (Å²) < 4.78 is 0. The predicted molar refractivity (Wildman–Crippen MR) is 85.3 cm³/mol. The van der Waals surface area contributed by atoms with Crippen LogP contribution in [0.5, 0.6) is 0 Å². The Balaban J connectivity index is 2.71. The van der Waals surface area contributed by atoms with Gasteiger partial charge in [0.1, 0.15) is 0 Å². The summed E-state index contributed by atoms with van der Waals surface area (Å²) in [6.07, 6.45) is 4.19. The molecule has 1 amide bonds. The van der Waals surface area contributed by atoms with Crippen LogP contribution >= 0.6 is 0 Å². The van der Waals surface area contributed by atoms with E-state index in [-0.39, 0.29) is 11.8 Å². The molecule has 0 radical (unpaired) electrons. The average molecular weight is 276 g/mol. The normalized spacial score (nSPS) is 12.2. The van der Waals surface area contributed by atoms with Gasteiger partial charge in [0.05, 0.1) is 0 Å². The van der Waals surface area contributed by atoms with Crippen molar-refractivity contribution >= 4 is 11.6 Å². The van der Waals surface area contributed by atoms with Gasteiger partial charge in [-0.25, -0.2) is 0 Å². The minimum absolute atomic E-state index is 0.163. The van der Waals surface area contributed by atoms with Gasteiger partial charge in [-0.1, -0.05) is 38.8 Å². The zero-order valence-corrected chi connectivity index (χ0v) is 13.1. The summed E-state index contributed by atoms with van der Waals surface area (Å²) in [6, 6.07) is 7.79. The zero-order valence-electron chi connectivity index (χ0n) is 13.1. The second-order valence-electron chi connectivity index (χ2n) is 5.34. The third kappa shape index (κ3) is 4.87. The SMILES string of the molecule is CCCCC(CC)C(=O)N(CC)Cc1cccc(N)c1. The van der Waals surface area contributed by atoms with Crippen LogP contribution in [-0.4, -0.2) is 17.4 Å². The molecule has 0 bridgehead atoms. The Morgan fingerprint density at radius 2 is 2.05 bits per heavy atom. The summed E-state index contributed by atoms with van der Waals surface area (Å²) in [4.78, 5) is 14.5. The van der Waals surface area contributed by atoms with E-state index in [4.69, 9.17) is 5.73 Å². The molecule has 0 saturated heterocycles. The van der Waals surface area contributed by atoms with Crippen molar-refractivity contribution in [3.63, 3.8) is 0 Å². The van der Waals surface area contributed by atoms with Crippen molar-refractivity contribution < 1.29 is 4.79 Å². The number of nitrogens with two attached hydrogens (primary N) is 1. The van der Waals surface area contributed by atoms with E-state index in [2.05, 4.69) is 13.8 Å². The first-order valence-corrected chi connectivity index (χ1v) is 7.75. The topological polar surface area (TPSA) is 46.3 Å². The van der Waals surface area contributed by atoms with Crippen LogP contribution in [0.25, 0.3) is 0 Å². The van der Waals surface area contributed by atoms with E-state index in [9.17, 15) is 4.79 Å². The molecule has 3 heteroatoms. The second-order valence-corrected chi connectivity index (χ2v) is 5.34. The van der Waals surface area contributed by atoms with Gasteiger partial charge in [0.25, 0.3) is 0 Å². The van der Waals surface area contributed by atoms with Crippen LogP contribution in [0, 0.1) is 5.92 Å². The molecule has 0 aliphatic rings. The molecule has 0 heterocycles. The second kappa shape index (κ2) is 8.62. The molecule has 0 aromatic heterocycles. The van der Waals surface area contributed by atoms with Gasteiger partial charge in [0.15, 0.2) is 0 Å². The highest BCUT2D eigenvalue weighted by Crippen LogP contribution is 2.18. The van der Waals surface area contributed by atoms with Crippen LogP contribution in [0.15, 0.2) is 24.3 Å². The van der Waals surface area contributed by atoms with Crippen LogP contribution in [0.1, 0.15) is 52.0 Å². The summed E-state index contributed by atoms with van der Waals surface area (Å²) in [5.74, 6) is 0.446. The molecule has 0 saturated carbocycles. The number of nitrogen functional groups attached to an aromatic ring is 1. The Labute approximate surface area is 123 Å². The number of amides is 1. The Bertz CT molecular complexity index is 417. The first-order chi connectivity index (χ1) is 9.62. The fraction of sp³-hybridized carbons (Fsp3) is 0.588. The predicted octanol–water partition coefficient (Wildman–Crippen LogP) is 3.83. The van der Waals surface area contributed by atoms with Gasteiger partial charge in [-0.2, -0.15) is 0 Å². The molecule has 1 unspecified atom stereocenters. The highest BCUT2D eigenvalue weighted by molar-refractivity contribution is 5.78. The Morgan fingerprint density at radius 1 is 1.30 bits per heavy atom. The van der Waals surface area contributed by atoms with Crippen LogP contribution in [0.3, 0.4) is 0 Å². The fourth-order valence-corrected chi connectivity index (χ4v) is 2.47. The van der Waals surface area contributed by atoms with Crippen molar-refractivity contribution in [1.29, 1.82) is 0 Å². The minimum atomic E-state index is 0.163. The van der Waals surface area contributed by atoms with Crippen LogP contribution in [0.4, 0.5) is 5.69 Å². The van der Waals surface area contributed by atoms with Gasteiger partial charge in [0.2, 0.25) is 5.91 Å². The fourth-order valence-electron chi connectivity index (χ4n) is 2.47. The van der Waals surface area contributed by atoms with Crippen molar-refractivity contribution in [2.45, 2.75) is 53.0 Å². The number of hydrogen-bond donors (Lipinski definition) is 1. The minimum Gasteiger partial charge on any atom is -0.399 e. The van der Waals surface area contributed by atoms with Gasteiger partial charge < -0.3 is 10.6 Å². The number of hydrogen-bond acceptors (Lipinski definition) is 2. The molecule has 1 aromatic carbocycles. The van der Waals surface area contributed by atoms with E-state index in [1.165, 1.54) is 0 Å². The van der Waals surface area contributed by atoms with Gasteiger partial charge >= 0.3 is 0 Å². The number of anilines is 1. The number of carbonyl (C=O) groups is 1. The number of nitrogens with zero attached hydrogens (tertiary/aromatic N) is 1. The highest BCUT2D eigenvalue weighted by atomic mass is 16.2. The van der Waals surface area contributed by atoms with Crippen molar-refractivity contribution in [3.8, 4) is 0 Å². The number of unbranched alkanes of at least 4 members (excludes halogenated alkanes) is 1. The van der Waals surface area contributed by atoms with Gasteiger partial charge in [-0.05, 0) is 37.5 Å². The van der Waals surface area contributed by atoms with Crippen LogP contribution < -0.4 is 5.73 Å². The summed E-state index contributed by atoms with van der Waals surface area (Å²) >= 11 is 0. The highest BCUT2D eigenvalue weighted by Gasteiger charge is 2.21. The van der Waals surface area contributed by atoms with E-state index in [0.29, 0.717) is 6.54 Å². The first kappa shape index (κ1) is 16.5. The van der Waals surface area contributed by atoms with Crippen molar-refractivity contribution in [2.75, 3.05) is 12.3 Å². The van der Waals surface area contributed by atoms with E-state index in [1.54, 1.807) is 0 Å². The van der Waals surface area contributed by atoms with E-state index >= 15 is 0 Å². The molecule has 1 rings (SSSR count). The van der Waals surface area contributed by atoms with Crippen molar-refractivity contribution in [1.82, 2.24) is 4.90 Å². The Hall–Kier alpha value is -1.51. The van der Waals surface area contributed by atoms with Gasteiger partial charge in [-0.15, -0.1) is 0 Å². The smallest absolute Gasteiger partial charge is 0.225 e. The molecule has 0 aliphatic carbocycles. The summed E-state index contributed by atoms with van der Waals surface area (Å²) in [6.45, 7) is 7.71. The zero-order chi connectivity index (χ0) is 15.0. The summed E-state index contributed by atoms with van der Waals surface area (Å²) in [5, 5.41) is 0. The van der Waals surface area contributed by atoms with Gasteiger partial charge in [0, 0.05) is 24.7 Å². The largest absolute Gasteiger partial charge is 0.399 e. The van der Waals surface area contributed by atoms with Crippen molar-refractivity contribution in [2.24, 2.45) is 5.92 Å². The average Bonchev–Trinajstić information content (AvgIpc) is 2.45. The molecule has 0 fully saturated rings. The molecule has 0 spiro atoms. The molecule has 20 heavy (non-hydrogen) atoms. The quantitative estimate of drug-likeness (QED) is 0.733. The lowest BCUT2D eigenvalue weighted by Crippen LogP contribution is -2.35. The number of carbonyl (C=O) groups excluding carboxylic acids is 1. The van der Waals surface area contributed by atoms with Crippen LogP contribution in [0.2, 0.25) is 0 Å². The standard InChI is InChI=1S/C17H28N2O/c1-4-7-10-15(5-2)17(20)19(6-3)13-14-9-8-11-16(18)12-14/h8-9,11-12,15H,4-7,10,13,18H2,1-3H3. The molecule has 1 atom stereocenters. The maximum Gasteiger partial charge on any atom is 0.225 e. The van der Waals surface area contributed by atoms with E-state index < -0.39 is 0 Å². The van der Waals surface area contributed by atoms with Crippen molar-refractivity contribution in [3.05, 3.63) is 29.8 Å². The van der Waals surface area contributed by atoms with Crippen LogP contribution in [-0.2, 0) is 11.3 Å². The van der Waals surface area contributed by atoms with E-state index in [1.807, 2.05) is 36.1 Å². The number of rotatable bonds is 8. The lowest BCUT2D eigenvalue weighted by Gasteiger charge is -2.26. The third-order valence-electron chi connectivity index (χ3n) is 3.77. The molecule has 0 aliphatic heterocycles. The van der Waals surface area contributed by atoms with E-state index in [0.717, 1.165) is 43.5 Å². The Morgan fingerprint density at radius 3 is 2.60 bits per heavy atom. The van der Waals surface area contributed by atoms with Gasteiger partial charge in [-0.3, -0.25) is 4.79 Å². The number of benzene rings is 1. The molecule has 1 aromatic rings. The molecule has 2 N–H and O–H groups in total. The molecule has 3 nitrogen and oxygen atoms in total. The molecular weight excluding hydrogens is 248 g/mol. The first-order valence-electron chi connectivity index (χ1n) is 7.75. The monoisotopic (exact) mass is 276 g/mol. The lowest BCUT2D eigenvalue weighted by molar-refractivity contribution is -0.136. The maximum atomic E-state index is 12.6.